The second-order valence-corrected chi connectivity index (χ2v) is 3.95. The van der Waals surface area contributed by atoms with Gasteiger partial charge in [0.1, 0.15) is 0 Å². The molecule has 2 unspecified atom stereocenters. The highest BCUT2D eigenvalue weighted by Gasteiger charge is 2.07. The van der Waals surface area contributed by atoms with E-state index in [1.807, 2.05) is 12.3 Å². The molecule has 0 aliphatic heterocycles. The molecule has 2 N–H and O–H groups in total. The molecular formula is C12H20N2O. The van der Waals surface area contributed by atoms with Crippen LogP contribution in [0.5, 0.6) is 0 Å². The van der Waals surface area contributed by atoms with Crippen molar-refractivity contribution in [2.24, 2.45) is 5.73 Å². The quantitative estimate of drug-likeness (QED) is 0.775. The summed E-state index contributed by atoms with van der Waals surface area (Å²) in [7, 11) is 1.73. The lowest BCUT2D eigenvalue weighted by molar-refractivity contribution is 0.107. The third-order valence-electron chi connectivity index (χ3n) is 2.57. The third-order valence-corrected chi connectivity index (χ3v) is 2.57. The fourth-order valence-corrected chi connectivity index (χ4v) is 1.49. The van der Waals surface area contributed by atoms with Crippen LogP contribution >= 0.6 is 0 Å². The molecule has 0 aromatic carbocycles. The third kappa shape index (κ3) is 4.91. The van der Waals surface area contributed by atoms with Gasteiger partial charge in [0.25, 0.3) is 0 Å². The van der Waals surface area contributed by atoms with Crippen LogP contribution in [0.25, 0.3) is 0 Å². The van der Waals surface area contributed by atoms with Crippen LogP contribution < -0.4 is 5.73 Å². The van der Waals surface area contributed by atoms with Gasteiger partial charge >= 0.3 is 0 Å². The summed E-state index contributed by atoms with van der Waals surface area (Å²) in [6, 6.07) is 4.21. The lowest BCUT2D eigenvalue weighted by Crippen LogP contribution is -2.24. The van der Waals surface area contributed by atoms with E-state index < -0.39 is 0 Å². The van der Waals surface area contributed by atoms with Crippen LogP contribution in [0.2, 0.25) is 0 Å². The molecule has 0 saturated heterocycles. The van der Waals surface area contributed by atoms with E-state index in [0.717, 1.165) is 19.3 Å². The Morgan fingerprint density at radius 3 is 2.87 bits per heavy atom. The Morgan fingerprint density at radius 2 is 2.27 bits per heavy atom. The monoisotopic (exact) mass is 208 g/mol. The maximum absolute atomic E-state index is 6.03. The fraction of sp³-hybridized carbons (Fsp3) is 0.583. The zero-order valence-electron chi connectivity index (χ0n) is 9.52. The molecule has 0 saturated carbocycles. The Bertz CT molecular complexity index is 264. The Hall–Kier alpha value is -0.930. The van der Waals surface area contributed by atoms with Gasteiger partial charge < -0.3 is 10.5 Å². The molecule has 0 spiro atoms. The Morgan fingerprint density at radius 1 is 1.47 bits per heavy atom. The Labute approximate surface area is 91.7 Å². The normalized spacial score (nSPS) is 14.9. The molecule has 1 aromatic rings. The smallest absolute Gasteiger partial charge is 0.0543 e. The van der Waals surface area contributed by atoms with Crippen molar-refractivity contribution in [2.75, 3.05) is 7.11 Å². The van der Waals surface area contributed by atoms with Gasteiger partial charge in [0.05, 0.1) is 6.10 Å². The minimum Gasteiger partial charge on any atom is -0.382 e. The van der Waals surface area contributed by atoms with Gasteiger partial charge in [-0.05, 0) is 37.8 Å². The predicted molar refractivity (Wildman–Crippen MR) is 61.6 cm³/mol. The highest BCUT2D eigenvalue weighted by molar-refractivity contribution is 5.09. The standard InChI is InChI=1S/C12H20N2O/c1-10(15-2)5-6-12(13)8-11-4-3-7-14-9-11/h3-4,7,9-10,12H,5-6,8,13H2,1-2H3. The minimum atomic E-state index is 0.201. The summed E-state index contributed by atoms with van der Waals surface area (Å²) in [6.45, 7) is 2.07. The second kappa shape index (κ2) is 6.53. The van der Waals surface area contributed by atoms with Crippen molar-refractivity contribution in [3.63, 3.8) is 0 Å². The first kappa shape index (κ1) is 12.1. The first-order chi connectivity index (χ1) is 7.22. The number of aromatic nitrogens is 1. The van der Waals surface area contributed by atoms with Gasteiger partial charge in [-0.1, -0.05) is 6.07 Å². The lowest BCUT2D eigenvalue weighted by atomic mass is 10.0. The predicted octanol–water partition coefficient (Wildman–Crippen LogP) is 1.77. The van der Waals surface area contributed by atoms with Crippen molar-refractivity contribution in [3.8, 4) is 0 Å². The van der Waals surface area contributed by atoms with Crippen LogP contribution in [0.4, 0.5) is 0 Å². The summed E-state index contributed by atoms with van der Waals surface area (Å²) in [6.07, 6.45) is 6.85. The highest BCUT2D eigenvalue weighted by atomic mass is 16.5. The minimum absolute atomic E-state index is 0.201. The maximum Gasteiger partial charge on any atom is 0.0543 e. The molecule has 84 valence electrons. The summed E-state index contributed by atoms with van der Waals surface area (Å²) in [5.41, 5.74) is 7.23. The zero-order valence-corrected chi connectivity index (χ0v) is 9.52. The summed E-state index contributed by atoms with van der Waals surface area (Å²) >= 11 is 0. The molecular weight excluding hydrogens is 188 g/mol. The van der Waals surface area contributed by atoms with Crippen molar-refractivity contribution in [3.05, 3.63) is 30.1 Å². The molecule has 0 aliphatic rings. The van der Waals surface area contributed by atoms with Crippen LogP contribution in [0, 0.1) is 0 Å². The molecule has 15 heavy (non-hydrogen) atoms. The number of hydrogen-bond acceptors (Lipinski definition) is 3. The molecule has 2 atom stereocenters. The van der Waals surface area contributed by atoms with E-state index in [4.69, 9.17) is 10.5 Å². The van der Waals surface area contributed by atoms with Gasteiger partial charge in [-0.25, -0.2) is 0 Å². The number of nitrogens with zero attached hydrogens (tertiary/aromatic N) is 1. The molecule has 1 rings (SSSR count). The Balaban J connectivity index is 2.27. The number of rotatable bonds is 6. The maximum atomic E-state index is 6.03. The van der Waals surface area contributed by atoms with E-state index in [1.165, 1.54) is 5.56 Å². The summed E-state index contributed by atoms with van der Waals surface area (Å²) in [5, 5.41) is 0. The van der Waals surface area contributed by atoms with E-state index in [9.17, 15) is 0 Å². The van der Waals surface area contributed by atoms with E-state index in [-0.39, 0.29) is 6.04 Å². The highest BCUT2D eigenvalue weighted by Crippen LogP contribution is 2.07. The number of hydrogen-bond donors (Lipinski definition) is 1. The first-order valence-electron chi connectivity index (χ1n) is 5.39. The van der Waals surface area contributed by atoms with Crippen molar-refractivity contribution >= 4 is 0 Å². The van der Waals surface area contributed by atoms with Crippen LogP contribution in [0.15, 0.2) is 24.5 Å². The van der Waals surface area contributed by atoms with E-state index in [0.29, 0.717) is 6.10 Å². The van der Waals surface area contributed by atoms with Gasteiger partial charge in [0.15, 0.2) is 0 Å². The number of ether oxygens (including phenoxy) is 1. The fourth-order valence-electron chi connectivity index (χ4n) is 1.49. The van der Waals surface area contributed by atoms with Crippen LogP contribution in [-0.4, -0.2) is 24.2 Å². The number of nitrogens with two attached hydrogens (primary N) is 1. The van der Waals surface area contributed by atoms with Gasteiger partial charge in [-0.2, -0.15) is 0 Å². The summed E-state index contributed by atoms with van der Waals surface area (Å²) in [5.74, 6) is 0. The molecule has 0 fully saturated rings. The first-order valence-corrected chi connectivity index (χ1v) is 5.39. The molecule has 1 heterocycles. The SMILES string of the molecule is COC(C)CCC(N)Cc1cccnc1. The van der Waals surface area contributed by atoms with Crippen LogP contribution in [0.3, 0.4) is 0 Å². The summed E-state index contributed by atoms with van der Waals surface area (Å²) < 4.78 is 5.18. The molecule has 0 bridgehead atoms. The molecule has 3 heteroatoms. The molecule has 1 aromatic heterocycles. The zero-order chi connectivity index (χ0) is 11.1. The average molecular weight is 208 g/mol. The van der Waals surface area contributed by atoms with Gasteiger partial charge in [-0.3, -0.25) is 4.98 Å². The van der Waals surface area contributed by atoms with E-state index in [2.05, 4.69) is 18.0 Å². The van der Waals surface area contributed by atoms with Crippen LogP contribution in [0.1, 0.15) is 25.3 Å². The molecule has 3 nitrogen and oxygen atoms in total. The Kier molecular flexibility index (Phi) is 5.29. The van der Waals surface area contributed by atoms with E-state index >= 15 is 0 Å². The van der Waals surface area contributed by atoms with Crippen molar-refractivity contribution in [2.45, 2.75) is 38.3 Å². The number of pyridine rings is 1. The molecule has 0 radical (unpaired) electrons. The molecule has 0 aliphatic carbocycles. The van der Waals surface area contributed by atoms with Gasteiger partial charge in [0, 0.05) is 25.5 Å². The number of methoxy groups -OCH3 is 1. The summed E-state index contributed by atoms with van der Waals surface area (Å²) in [4.78, 5) is 4.07. The molecule has 0 amide bonds. The average Bonchev–Trinajstić information content (AvgIpc) is 2.27. The lowest BCUT2D eigenvalue weighted by Gasteiger charge is -2.14. The van der Waals surface area contributed by atoms with Crippen molar-refractivity contribution in [1.29, 1.82) is 0 Å². The topological polar surface area (TPSA) is 48.1 Å². The van der Waals surface area contributed by atoms with Crippen molar-refractivity contribution in [1.82, 2.24) is 4.98 Å². The van der Waals surface area contributed by atoms with Crippen molar-refractivity contribution < 1.29 is 4.74 Å². The second-order valence-electron chi connectivity index (χ2n) is 3.95. The van der Waals surface area contributed by atoms with Gasteiger partial charge in [-0.15, -0.1) is 0 Å². The largest absolute Gasteiger partial charge is 0.382 e. The van der Waals surface area contributed by atoms with E-state index in [1.54, 1.807) is 13.3 Å². The van der Waals surface area contributed by atoms with Gasteiger partial charge in [0.2, 0.25) is 0 Å². The van der Waals surface area contributed by atoms with Crippen LogP contribution in [-0.2, 0) is 11.2 Å².